The van der Waals surface area contributed by atoms with Crippen molar-refractivity contribution < 1.29 is 0 Å². The molecule has 1 aliphatic rings. The van der Waals surface area contributed by atoms with Gasteiger partial charge in [-0.25, -0.2) is 0 Å². The van der Waals surface area contributed by atoms with Crippen LogP contribution >= 0.6 is 33.9 Å². The van der Waals surface area contributed by atoms with Gasteiger partial charge >= 0.3 is 0 Å². The fraction of sp³-hybridized carbons (Fsp3) is 0.167. The van der Waals surface area contributed by atoms with Crippen molar-refractivity contribution in [1.29, 1.82) is 0 Å². The molecule has 14 heavy (non-hydrogen) atoms. The maximum atomic E-state index is 2.43. The van der Waals surface area contributed by atoms with E-state index < -0.39 is 0 Å². The van der Waals surface area contributed by atoms with Crippen LogP contribution in [0.4, 0.5) is 0 Å². The van der Waals surface area contributed by atoms with Crippen LogP contribution in [-0.4, -0.2) is 0 Å². The van der Waals surface area contributed by atoms with Gasteiger partial charge < -0.3 is 0 Å². The molecule has 0 bridgehead atoms. The summed E-state index contributed by atoms with van der Waals surface area (Å²) < 4.78 is 2.82. The monoisotopic (exact) mass is 312 g/mol. The number of thiophene rings is 1. The molecule has 0 atom stereocenters. The summed E-state index contributed by atoms with van der Waals surface area (Å²) in [6.07, 6.45) is 7.01. The Kier molecular flexibility index (Phi) is 2.13. The minimum Gasteiger partial charge on any atom is -0.140 e. The third-order valence-corrected chi connectivity index (χ3v) is 4.73. The molecule has 70 valence electrons. The second-order valence-corrected chi connectivity index (χ2v) is 5.79. The number of fused-ring (bicyclic) bond motifs is 3. The minimum atomic E-state index is 1.20. The maximum Gasteiger partial charge on any atom is 0.0362 e. The van der Waals surface area contributed by atoms with Crippen molar-refractivity contribution >= 4 is 50.1 Å². The fourth-order valence-corrected chi connectivity index (χ4v) is 4.16. The summed E-state index contributed by atoms with van der Waals surface area (Å²) in [7, 11) is 0. The highest BCUT2D eigenvalue weighted by Crippen LogP contribution is 2.37. The van der Waals surface area contributed by atoms with Gasteiger partial charge in [0.05, 0.1) is 0 Å². The summed E-state index contributed by atoms with van der Waals surface area (Å²) in [5.74, 6) is 0. The van der Waals surface area contributed by atoms with Gasteiger partial charge in [0.1, 0.15) is 0 Å². The van der Waals surface area contributed by atoms with Crippen molar-refractivity contribution in [2.75, 3.05) is 0 Å². The molecular weight excluding hydrogens is 303 g/mol. The average Bonchev–Trinajstić information content (AvgIpc) is 2.57. The number of allylic oxidation sites excluding steroid dienone is 1. The number of benzene rings is 1. The maximum absolute atomic E-state index is 2.43. The second-order valence-electron chi connectivity index (χ2n) is 3.49. The lowest BCUT2D eigenvalue weighted by Crippen LogP contribution is -1.87. The molecule has 1 aromatic carbocycles. The van der Waals surface area contributed by atoms with E-state index >= 15 is 0 Å². The summed E-state index contributed by atoms with van der Waals surface area (Å²) in [6, 6.07) is 6.57. The van der Waals surface area contributed by atoms with Gasteiger partial charge in [-0.1, -0.05) is 18.2 Å². The molecular formula is C12H9IS. The lowest BCUT2D eigenvalue weighted by molar-refractivity contribution is 1.02. The van der Waals surface area contributed by atoms with E-state index in [1.807, 2.05) is 11.3 Å². The topological polar surface area (TPSA) is 0 Å². The van der Waals surface area contributed by atoms with Gasteiger partial charge in [0, 0.05) is 18.5 Å². The van der Waals surface area contributed by atoms with E-state index in [-0.39, 0.29) is 0 Å². The fourth-order valence-electron chi connectivity index (χ4n) is 1.96. The van der Waals surface area contributed by atoms with E-state index in [2.05, 4.69) is 52.9 Å². The standard InChI is InChI=1S/C12H9IS/c13-9-5-3-7-11-12(9)8-4-1-2-6-10(8)14-11/h1,3-5,7H,2,6H2. The van der Waals surface area contributed by atoms with Crippen LogP contribution in [0.25, 0.3) is 16.2 Å². The molecule has 2 heteroatoms. The molecule has 0 fully saturated rings. The van der Waals surface area contributed by atoms with Crippen LogP contribution < -0.4 is 0 Å². The Hall–Kier alpha value is -0.350. The Balaban J connectivity index is 2.45. The summed E-state index contributed by atoms with van der Waals surface area (Å²) >= 11 is 4.39. The predicted octanol–water partition coefficient (Wildman–Crippen LogP) is 4.47. The third-order valence-electron chi connectivity index (χ3n) is 2.60. The molecule has 0 amide bonds. The van der Waals surface area contributed by atoms with Gasteiger partial charge in [0.25, 0.3) is 0 Å². The van der Waals surface area contributed by atoms with Gasteiger partial charge in [-0.2, -0.15) is 0 Å². The highest BCUT2D eigenvalue weighted by molar-refractivity contribution is 14.1. The molecule has 0 nitrogen and oxygen atoms in total. The lowest BCUT2D eigenvalue weighted by Gasteiger charge is -2.04. The number of rotatable bonds is 0. The van der Waals surface area contributed by atoms with Crippen molar-refractivity contribution in [1.82, 2.24) is 0 Å². The Bertz CT molecular complexity index is 522. The third kappa shape index (κ3) is 1.24. The van der Waals surface area contributed by atoms with Crippen molar-refractivity contribution in [2.24, 2.45) is 0 Å². The van der Waals surface area contributed by atoms with Crippen LogP contribution in [0.3, 0.4) is 0 Å². The molecule has 2 aromatic rings. The van der Waals surface area contributed by atoms with E-state index in [1.54, 1.807) is 4.88 Å². The van der Waals surface area contributed by atoms with Gasteiger partial charge in [0.2, 0.25) is 0 Å². The molecule has 0 N–H and O–H groups in total. The molecule has 0 saturated heterocycles. The zero-order valence-electron chi connectivity index (χ0n) is 7.59. The largest absolute Gasteiger partial charge is 0.140 e. The molecule has 1 aliphatic carbocycles. The van der Waals surface area contributed by atoms with Gasteiger partial charge in [-0.15, -0.1) is 11.3 Å². The molecule has 1 aromatic heterocycles. The smallest absolute Gasteiger partial charge is 0.0362 e. The van der Waals surface area contributed by atoms with Crippen molar-refractivity contribution in [2.45, 2.75) is 12.8 Å². The molecule has 3 rings (SSSR count). The molecule has 0 unspecified atom stereocenters. The van der Waals surface area contributed by atoms with E-state index in [0.29, 0.717) is 0 Å². The number of aryl methyl sites for hydroxylation is 1. The summed E-state index contributed by atoms with van der Waals surface area (Å²) in [5.41, 5.74) is 1.47. The second kappa shape index (κ2) is 3.35. The highest BCUT2D eigenvalue weighted by Gasteiger charge is 2.13. The zero-order valence-corrected chi connectivity index (χ0v) is 10.6. The molecule has 0 radical (unpaired) electrons. The Morgan fingerprint density at radius 3 is 3.14 bits per heavy atom. The van der Waals surface area contributed by atoms with E-state index in [4.69, 9.17) is 0 Å². The quantitative estimate of drug-likeness (QED) is 0.630. The van der Waals surface area contributed by atoms with Crippen molar-refractivity contribution in [3.05, 3.63) is 38.3 Å². The highest BCUT2D eigenvalue weighted by atomic mass is 127. The molecule has 0 aliphatic heterocycles. The Morgan fingerprint density at radius 1 is 1.29 bits per heavy atom. The molecule has 0 saturated carbocycles. The van der Waals surface area contributed by atoms with Crippen LogP contribution in [0, 0.1) is 3.57 Å². The summed E-state index contributed by atoms with van der Waals surface area (Å²) in [5, 5.41) is 1.46. The van der Waals surface area contributed by atoms with E-state index in [0.717, 1.165) is 0 Å². The van der Waals surface area contributed by atoms with Gasteiger partial charge in [-0.05, 0) is 53.1 Å². The van der Waals surface area contributed by atoms with Crippen LogP contribution in [0.1, 0.15) is 16.9 Å². The van der Waals surface area contributed by atoms with Crippen molar-refractivity contribution in [3.8, 4) is 0 Å². The van der Waals surface area contributed by atoms with Crippen LogP contribution in [0.2, 0.25) is 0 Å². The Labute approximate surface area is 101 Å². The zero-order chi connectivity index (χ0) is 9.54. The molecule has 1 heterocycles. The van der Waals surface area contributed by atoms with Crippen molar-refractivity contribution in [3.63, 3.8) is 0 Å². The summed E-state index contributed by atoms with van der Waals surface area (Å²) in [4.78, 5) is 1.56. The van der Waals surface area contributed by atoms with Gasteiger partial charge in [0.15, 0.2) is 0 Å². The first-order valence-electron chi connectivity index (χ1n) is 4.73. The number of halogens is 1. The Morgan fingerprint density at radius 2 is 2.21 bits per heavy atom. The van der Waals surface area contributed by atoms with Crippen LogP contribution in [-0.2, 0) is 6.42 Å². The SMILES string of the molecule is Ic1cccc2sc3c(c12)C=CCC3. The first-order chi connectivity index (χ1) is 6.86. The van der Waals surface area contributed by atoms with Gasteiger partial charge in [-0.3, -0.25) is 0 Å². The number of hydrogen-bond acceptors (Lipinski definition) is 1. The number of hydrogen-bond donors (Lipinski definition) is 0. The molecule has 0 spiro atoms. The van der Waals surface area contributed by atoms with Crippen LogP contribution in [0.5, 0.6) is 0 Å². The lowest BCUT2D eigenvalue weighted by atomic mass is 10.0. The van der Waals surface area contributed by atoms with E-state index in [9.17, 15) is 0 Å². The first-order valence-corrected chi connectivity index (χ1v) is 6.62. The summed E-state index contributed by atoms with van der Waals surface area (Å²) in [6.45, 7) is 0. The van der Waals surface area contributed by atoms with Crippen LogP contribution in [0.15, 0.2) is 24.3 Å². The average molecular weight is 312 g/mol. The normalized spacial score (nSPS) is 14.6. The minimum absolute atomic E-state index is 1.20. The first kappa shape index (κ1) is 8.92. The van der Waals surface area contributed by atoms with E-state index in [1.165, 1.54) is 32.1 Å². The predicted molar refractivity (Wildman–Crippen MR) is 71.9 cm³/mol.